The van der Waals surface area contributed by atoms with E-state index >= 15 is 0 Å². The van der Waals surface area contributed by atoms with Gasteiger partial charge in [0.2, 0.25) is 0 Å². The maximum absolute atomic E-state index is 12.9. The first-order valence-electron chi connectivity index (χ1n) is 31.4. The Hall–Kier alpha value is -3.93. The Labute approximate surface area is 463 Å². The second-order valence-corrected chi connectivity index (χ2v) is 20.6. The van der Waals surface area contributed by atoms with Crippen LogP contribution in [0.2, 0.25) is 0 Å². The van der Waals surface area contributed by atoms with Crippen LogP contribution in [0.3, 0.4) is 0 Å². The van der Waals surface area contributed by atoms with E-state index in [9.17, 15) is 14.4 Å². The molecular formula is C69H116O6. The normalized spacial score (nSPS) is 12.8. The van der Waals surface area contributed by atoms with Crippen LogP contribution in [0, 0.1) is 0 Å². The SMILES string of the molecule is CC/C=C\C/C=C\C/C=C\C/C=C\C/C=C\C/C=C\C/C=C\C/C=C\CCCCCCCCC(=O)OCC(COC(=O)CCCCCCCCCCC)OC(=O)CCCCCCCCC/C=C\CCCCCCCC. The van der Waals surface area contributed by atoms with Crippen LogP contribution in [-0.2, 0) is 28.6 Å². The fourth-order valence-electron chi connectivity index (χ4n) is 8.57. The number of hydrogen-bond acceptors (Lipinski definition) is 6. The predicted octanol–water partition coefficient (Wildman–Crippen LogP) is 21.4. The minimum absolute atomic E-state index is 0.0829. The Morgan fingerprint density at radius 3 is 0.827 bits per heavy atom. The van der Waals surface area contributed by atoms with E-state index in [0.717, 1.165) is 122 Å². The van der Waals surface area contributed by atoms with Crippen molar-refractivity contribution in [3.8, 4) is 0 Å². The lowest BCUT2D eigenvalue weighted by Crippen LogP contribution is -2.30. The van der Waals surface area contributed by atoms with Gasteiger partial charge in [0.1, 0.15) is 13.2 Å². The molecular weight excluding hydrogens is 925 g/mol. The number of allylic oxidation sites excluding steroid dienone is 18. The highest BCUT2D eigenvalue weighted by atomic mass is 16.6. The lowest BCUT2D eigenvalue weighted by atomic mass is 10.1. The monoisotopic (exact) mass is 1040 g/mol. The smallest absolute Gasteiger partial charge is 0.306 e. The summed E-state index contributed by atoms with van der Waals surface area (Å²) in [6.45, 7) is 6.50. The molecule has 0 aliphatic carbocycles. The molecule has 0 bridgehead atoms. The van der Waals surface area contributed by atoms with Crippen LogP contribution >= 0.6 is 0 Å². The summed E-state index contributed by atoms with van der Waals surface area (Å²) < 4.78 is 16.8. The standard InChI is InChI=1S/C69H116O6/c1-4-7-10-13-16-19-21-23-25-27-28-29-30-31-32-33-34-35-36-37-38-39-40-42-43-45-47-50-53-56-59-62-68(71)74-65-66(64-73-67(70)61-58-55-52-49-18-15-12-9-6-3)75-69(72)63-60-57-54-51-48-46-44-41-26-24-22-20-17-14-11-8-5-2/h7,10,16,19,23-26,28-29,31-32,34-35,37-38,40,42,66H,4-6,8-9,11-15,17-18,20-22,27,30,33,36,39,41,43-65H2,1-3H3/b10-7-,19-16-,25-23-,26-24-,29-28-,32-31-,35-34-,38-37-,42-40-. The average molecular weight is 1040 g/mol. The van der Waals surface area contributed by atoms with Crippen molar-refractivity contribution in [3.05, 3.63) is 109 Å². The maximum atomic E-state index is 12.9. The molecule has 0 aromatic carbocycles. The molecule has 0 saturated carbocycles. The van der Waals surface area contributed by atoms with Crippen LogP contribution in [0.1, 0.15) is 290 Å². The molecule has 0 fully saturated rings. The van der Waals surface area contributed by atoms with Gasteiger partial charge in [0, 0.05) is 19.3 Å². The Morgan fingerprint density at radius 2 is 0.520 bits per heavy atom. The van der Waals surface area contributed by atoms with Crippen LogP contribution in [-0.4, -0.2) is 37.2 Å². The topological polar surface area (TPSA) is 78.9 Å². The number of carbonyl (C=O) groups excluding carboxylic acids is 3. The molecule has 1 unspecified atom stereocenters. The van der Waals surface area contributed by atoms with Gasteiger partial charge in [0.05, 0.1) is 0 Å². The lowest BCUT2D eigenvalue weighted by Gasteiger charge is -2.18. The summed E-state index contributed by atoms with van der Waals surface area (Å²) in [5.74, 6) is -0.900. The molecule has 0 spiro atoms. The molecule has 0 saturated heterocycles. The van der Waals surface area contributed by atoms with Crippen molar-refractivity contribution < 1.29 is 28.6 Å². The highest BCUT2D eigenvalue weighted by Gasteiger charge is 2.19. The molecule has 0 amide bonds. The number of esters is 3. The summed E-state index contributed by atoms with van der Waals surface area (Å²) in [5.41, 5.74) is 0. The largest absolute Gasteiger partial charge is 0.462 e. The summed E-state index contributed by atoms with van der Waals surface area (Å²) in [7, 11) is 0. The van der Waals surface area contributed by atoms with Gasteiger partial charge in [-0.2, -0.15) is 0 Å². The van der Waals surface area contributed by atoms with Gasteiger partial charge < -0.3 is 14.2 Å². The molecule has 0 aromatic rings. The molecule has 0 N–H and O–H groups in total. The van der Waals surface area contributed by atoms with Crippen molar-refractivity contribution in [1.29, 1.82) is 0 Å². The Balaban J connectivity index is 4.25. The third-order valence-corrected chi connectivity index (χ3v) is 13.3. The van der Waals surface area contributed by atoms with Crippen molar-refractivity contribution in [2.75, 3.05) is 13.2 Å². The second kappa shape index (κ2) is 62.6. The first-order chi connectivity index (χ1) is 37.0. The summed E-state index contributed by atoms with van der Waals surface area (Å²) in [5, 5.41) is 0. The zero-order valence-corrected chi connectivity index (χ0v) is 49.0. The van der Waals surface area contributed by atoms with Crippen molar-refractivity contribution >= 4 is 17.9 Å². The van der Waals surface area contributed by atoms with Gasteiger partial charge in [-0.1, -0.05) is 271 Å². The number of ether oxygens (including phenoxy) is 3. The van der Waals surface area contributed by atoms with E-state index in [4.69, 9.17) is 14.2 Å². The average Bonchev–Trinajstić information content (AvgIpc) is 3.41. The minimum Gasteiger partial charge on any atom is -0.462 e. The van der Waals surface area contributed by atoms with Crippen molar-refractivity contribution in [2.45, 2.75) is 297 Å². The van der Waals surface area contributed by atoms with Crippen molar-refractivity contribution in [3.63, 3.8) is 0 Å². The number of carbonyl (C=O) groups is 3. The molecule has 0 heterocycles. The molecule has 6 heteroatoms. The second-order valence-electron chi connectivity index (χ2n) is 20.6. The first kappa shape index (κ1) is 71.1. The van der Waals surface area contributed by atoms with Crippen LogP contribution in [0.5, 0.6) is 0 Å². The van der Waals surface area contributed by atoms with E-state index < -0.39 is 6.10 Å². The highest BCUT2D eigenvalue weighted by molar-refractivity contribution is 5.71. The van der Waals surface area contributed by atoms with Crippen LogP contribution in [0.25, 0.3) is 0 Å². The fourth-order valence-corrected chi connectivity index (χ4v) is 8.57. The molecule has 0 rings (SSSR count). The first-order valence-corrected chi connectivity index (χ1v) is 31.4. The van der Waals surface area contributed by atoms with E-state index in [1.165, 1.54) is 128 Å². The predicted molar refractivity (Wildman–Crippen MR) is 325 cm³/mol. The highest BCUT2D eigenvalue weighted by Crippen LogP contribution is 2.15. The molecule has 428 valence electrons. The lowest BCUT2D eigenvalue weighted by molar-refractivity contribution is -0.167. The molecule has 0 aromatic heterocycles. The number of rotatable bonds is 56. The van der Waals surface area contributed by atoms with Gasteiger partial charge in [0.15, 0.2) is 6.10 Å². The molecule has 0 aliphatic heterocycles. The fraction of sp³-hybridized carbons (Fsp3) is 0.696. The van der Waals surface area contributed by atoms with Gasteiger partial charge in [-0.05, 0) is 109 Å². The Kier molecular flexibility index (Phi) is 59.3. The number of unbranched alkanes of at least 4 members (excludes halogenated alkanes) is 27. The third-order valence-electron chi connectivity index (χ3n) is 13.3. The summed E-state index contributed by atoms with van der Waals surface area (Å²) >= 11 is 0. The number of hydrogen-bond donors (Lipinski definition) is 0. The van der Waals surface area contributed by atoms with Gasteiger partial charge in [-0.15, -0.1) is 0 Å². The zero-order valence-electron chi connectivity index (χ0n) is 49.0. The molecule has 1 atom stereocenters. The molecule has 0 aliphatic rings. The Bertz CT molecular complexity index is 1520. The quantitative estimate of drug-likeness (QED) is 0.0261. The van der Waals surface area contributed by atoms with Crippen LogP contribution in [0.4, 0.5) is 0 Å². The molecule has 0 radical (unpaired) electrons. The summed E-state index contributed by atoms with van der Waals surface area (Å²) in [4.78, 5) is 38.1. The molecule has 75 heavy (non-hydrogen) atoms. The minimum atomic E-state index is -0.785. The Morgan fingerprint density at radius 1 is 0.280 bits per heavy atom. The zero-order chi connectivity index (χ0) is 54.3. The van der Waals surface area contributed by atoms with Gasteiger partial charge in [-0.25, -0.2) is 0 Å². The third kappa shape index (κ3) is 60.8. The van der Waals surface area contributed by atoms with Gasteiger partial charge in [0.25, 0.3) is 0 Å². The van der Waals surface area contributed by atoms with E-state index in [1.807, 2.05) is 0 Å². The van der Waals surface area contributed by atoms with Crippen LogP contribution < -0.4 is 0 Å². The molecule has 6 nitrogen and oxygen atoms in total. The van der Waals surface area contributed by atoms with E-state index in [1.54, 1.807) is 0 Å². The van der Waals surface area contributed by atoms with E-state index in [0.29, 0.717) is 19.3 Å². The summed E-state index contributed by atoms with van der Waals surface area (Å²) in [6, 6.07) is 0. The van der Waals surface area contributed by atoms with Gasteiger partial charge in [-0.3, -0.25) is 14.4 Å². The summed E-state index contributed by atoms with van der Waals surface area (Å²) in [6.07, 6.45) is 85.3. The maximum Gasteiger partial charge on any atom is 0.306 e. The van der Waals surface area contributed by atoms with E-state index in [-0.39, 0.29) is 31.1 Å². The van der Waals surface area contributed by atoms with Crippen molar-refractivity contribution in [1.82, 2.24) is 0 Å². The van der Waals surface area contributed by atoms with Crippen LogP contribution in [0.15, 0.2) is 109 Å². The van der Waals surface area contributed by atoms with E-state index in [2.05, 4.69) is 130 Å². The van der Waals surface area contributed by atoms with Crippen molar-refractivity contribution in [2.24, 2.45) is 0 Å². The van der Waals surface area contributed by atoms with Gasteiger partial charge >= 0.3 is 17.9 Å².